The summed E-state index contributed by atoms with van der Waals surface area (Å²) in [6, 6.07) is 0. The van der Waals surface area contributed by atoms with Gasteiger partial charge >= 0.3 is 6.09 Å². The van der Waals surface area contributed by atoms with Gasteiger partial charge in [0.1, 0.15) is 17.1 Å². The Kier molecular flexibility index (Phi) is 4.62. The first kappa shape index (κ1) is 17.6. The fourth-order valence-corrected chi connectivity index (χ4v) is 3.43. The Morgan fingerprint density at radius 3 is 2.64 bits per heavy atom. The molecule has 8 nitrogen and oxygen atoms in total. The fourth-order valence-electron chi connectivity index (χ4n) is 3.43. The lowest BCUT2D eigenvalue weighted by Crippen LogP contribution is -2.46. The van der Waals surface area contributed by atoms with Gasteiger partial charge in [0, 0.05) is 31.7 Å². The van der Waals surface area contributed by atoms with Gasteiger partial charge in [0.25, 0.3) is 5.91 Å². The van der Waals surface area contributed by atoms with Crippen molar-refractivity contribution in [3.63, 3.8) is 0 Å². The Bertz CT molecular complexity index is 656. The minimum atomic E-state index is -0.474. The summed E-state index contributed by atoms with van der Waals surface area (Å²) in [5, 5.41) is 6.69. The Hall–Kier alpha value is -2.25. The van der Waals surface area contributed by atoms with Gasteiger partial charge in [-0.3, -0.25) is 9.89 Å². The number of amides is 2. The molecule has 0 aromatic carbocycles. The van der Waals surface area contributed by atoms with E-state index in [9.17, 15) is 9.59 Å². The third-order valence-corrected chi connectivity index (χ3v) is 4.78. The number of aromatic nitrogens is 2. The van der Waals surface area contributed by atoms with Crippen molar-refractivity contribution in [3.8, 4) is 0 Å². The second-order valence-electron chi connectivity index (χ2n) is 7.87. The van der Waals surface area contributed by atoms with Gasteiger partial charge in [-0.1, -0.05) is 0 Å². The molecule has 3 N–H and O–H groups in total. The standard InChI is InChI=1S/C17H27N5O3/c1-17(2,3)25-16(24)21-7-4-11(5-8-21)10-22-9-6-12-13(15(22)23)19-20-14(12)18/h11H,4-10H2,1-3H3,(H3,18,19,20). The van der Waals surface area contributed by atoms with Gasteiger partial charge in [-0.05, 0) is 46.0 Å². The van der Waals surface area contributed by atoms with Crippen LogP contribution in [0, 0.1) is 5.92 Å². The van der Waals surface area contributed by atoms with E-state index in [2.05, 4.69) is 10.2 Å². The van der Waals surface area contributed by atoms with Gasteiger partial charge in [0.2, 0.25) is 0 Å². The first-order valence-corrected chi connectivity index (χ1v) is 8.84. The summed E-state index contributed by atoms with van der Waals surface area (Å²) in [6.45, 7) is 8.33. The predicted octanol–water partition coefficient (Wildman–Crippen LogP) is 1.64. The molecule has 25 heavy (non-hydrogen) atoms. The van der Waals surface area contributed by atoms with Crippen LogP contribution in [0.4, 0.5) is 10.6 Å². The predicted molar refractivity (Wildman–Crippen MR) is 93.1 cm³/mol. The smallest absolute Gasteiger partial charge is 0.410 e. The Balaban J connectivity index is 1.51. The molecule has 1 saturated heterocycles. The minimum absolute atomic E-state index is 0.0278. The first-order valence-electron chi connectivity index (χ1n) is 8.84. The molecule has 2 aliphatic rings. The van der Waals surface area contributed by atoms with Crippen LogP contribution in [0.5, 0.6) is 0 Å². The van der Waals surface area contributed by atoms with Crippen molar-refractivity contribution in [2.24, 2.45) is 5.92 Å². The number of likely N-dealkylation sites (tertiary alicyclic amines) is 1. The van der Waals surface area contributed by atoms with Crippen molar-refractivity contribution in [2.75, 3.05) is 31.9 Å². The van der Waals surface area contributed by atoms with Crippen molar-refractivity contribution in [2.45, 2.75) is 45.6 Å². The monoisotopic (exact) mass is 349 g/mol. The topological polar surface area (TPSA) is 105 Å². The van der Waals surface area contributed by atoms with Crippen molar-refractivity contribution >= 4 is 17.8 Å². The molecule has 2 amide bonds. The number of rotatable bonds is 2. The van der Waals surface area contributed by atoms with Crippen LogP contribution in [0.25, 0.3) is 0 Å². The van der Waals surface area contributed by atoms with Crippen LogP contribution in [0.1, 0.15) is 49.7 Å². The lowest BCUT2D eigenvalue weighted by Gasteiger charge is -2.36. The number of hydrogen-bond donors (Lipinski definition) is 2. The van der Waals surface area contributed by atoms with E-state index in [1.165, 1.54) is 0 Å². The molecule has 2 aliphatic heterocycles. The summed E-state index contributed by atoms with van der Waals surface area (Å²) in [5.74, 6) is 0.790. The number of ether oxygens (including phenoxy) is 1. The van der Waals surface area contributed by atoms with Gasteiger partial charge < -0.3 is 20.3 Å². The zero-order valence-electron chi connectivity index (χ0n) is 15.2. The average Bonchev–Trinajstić information content (AvgIpc) is 2.91. The zero-order chi connectivity index (χ0) is 18.2. The minimum Gasteiger partial charge on any atom is -0.444 e. The maximum Gasteiger partial charge on any atom is 0.410 e. The van der Waals surface area contributed by atoms with Crippen molar-refractivity contribution in [3.05, 3.63) is 11.3 Å². The molecule has 0 radical (unpaired) electrons. The second kappa shape index (κ2) is 6.57. The van der Waals surface area contributed by atoms with Gasteiger partial charge in [0.15, 0.2) is 0 Å². The van der Waals surface area contributed by atoms with E-state index in [1.807, 2.05) is 25.7 Å². The molecule has 1 aromatic rings. The largest absolute Gasteiger partial charge is 0.444 e. The van der Waals surface area contributed by atoms with Crippen LogP contribution >= 0.6 is 0 Å². The summed E-state index contributed by atoms with van der Waals surface area (Å²) < 4.78 is 5.42. The molecule has 0 aliphatic carbocycles. The third kappa shape index (κ3) is 3.88. The van der Waals surface area contributed by atoms with Crippen LogP contribution in [0.3, 0.4) is 0 Å². The number of piperidine rings is 1. The number of carbonyl (C=O) groups excluding carboxylic acids is 2. The SMILES string of the molecule is CC(C)(C)OC(=O)N1CCC(CN2CCc3c(N)n[nH]c3C2=O)CC1. The number of aromatic amines is 1. The first-order chi connectivity index (χ1) is 11.7. The number of anilines is 1. The summed E-state index contributed by atoms with van der Waals surface area (Å²) in [4.78, 5) is 28.3. The molecule has 1 fully saturated rings. The number of H-pyrrole nitrogens is 1. The summed E-state index contributed by atoms with van der Waals surface area (Å²) in [6.07, 6.45) is 2.24. The molecule has 0 bridgehead atoms. The summed E-state index contributed by atoms with van der Waals surface area (Å²) in [5.41, 5.74) is 6.66. The summed E-state index contributed by atoms with van der Waals surface area (Å²) in [7, 11) is 0. The Morgan fingerprint density at radius 2 is 2.00 bits per heavy atom. The van der Waals surface area contributed by atoms with Crippen LogP contribution in [-0.2, 0) is 11.2 Å². The van der Waals surface area contributed by atoms with Crippen molar-refractivity contribution < 1.29 is 14.3 Å². The second-order valence-corrected chi connectivity index (χ2v) is 7.87. The normalized spacial score (nSPS) is 19.1. The highest BCUT2D eigenvalue weighted by molar-refractivity contribution is 5.96. The van der Waals surface area contributed by atoms with E-state index >= 15 is 0 Å². The van der Waals surface area contributed by atoms with Gasteiger partial charge in [-0.2, -0.15) is 5.10 Å². The van der Waals surface area contributed by atoms with Crippen molar-refractivity contribution in [1.29, 1.82) is 0 Å². The molecule has 3 rings (SSSR count). The van der Waals surface area contributed by atoms with Crippen molar-refractivity contribution in [1.82, 2.24) is 20.0 Å². The number of nitrogen functional groups attached to an aromatic ring is 1. The average molecular weight is 349 g/mol. The number of nitrogens with one attached hydrogen (secondary N) is 1. The Morgan fingerprint density at radius 1 is 1.32 bits per heavy atom. The molecular weight excluding hydrogens is 322 g/mol. The number of nitrogens with zero attached hydrogens (tertiary/aromatic N) is 3. The third-order valence-electron chi connectivity index (χ3n) is 4.78. The molecule has 138 valence electrons. The van der Waals surface area contributed by atoms with Gasteiger partial charge in [-0.25, -0.2) is 4.79 Å². The lowest BCUT2D eigenvalue weighted by molar-refractivity contribution is 0.0166. The number of carbonyl (C=O) groups is 2. The molecule has 0 atom stereocenters. The highest BCUT2D eigenvalue weighted by Gasteiger charge is 2.32. The van der Waals surface area contributed by atoms with E-state index in [4.69, 9.17) is 10.5 Å². The van der Waals surface area contributed by atoms with Crippen LogP contribution in [-0.4, -0.2) is 63.8 Å². The molecular formula is C17H27N5O3. The maximum atomic E-state index is 12.5. The molecule has 8 heteroatoms. The van der Waals surface area contributed by atoms with Gasteiger partial charge in [-0.15, -0.1) is 0 Å². The summed E-state index contributed by atoms with van der Waals surface area (Å²) >= 11 is 0. The van der Waals surface area contributed by atoms with E-state index in [-0.39, 0.29) is 12.0 Å². The van der Waals surface area contributed by atoms with Crippen LogP contribution in [0.2, 0.25) is 0 Å². The molecule has 0 unspecified atom stereocenters. The van der Waals surface area contributed by atoms with Crippen LogP contribution < -0.4 is 5.73 Å². The fraction of sp³-hybridized carbons (Fsp3) is 0.706. The quantitative estimate of drug-likeness (QED) is 0.844. The highest BCUT2D eigenvalue weighted by Crippen LogP contribution is 2.25. The van der Waals surface area contributed by atoms with E-state index in [0.717, 1.165) is 24.8 Å². The zero-order valence-corrected chi connectivity index (χ0v) is 15.2. The molecule has 0 spiro atoms. The van der Waals surface area contributed by atoms with E-state index in [0.29, 0.717) is 43.6 Å². The van der Waals surface area contributed by atoms with E-state index in [1.54, 1.807) is 4.90 Å². The molecule has 1 aromatic heterocycles. The maximum absolute atomic E-state index is 12.5. The molecule has 0 saturated carbocycles. The molecule has 3 heterocycles. The number of fused-ring (bicyclic) bond motifs is 1. The van der Waals surface area contributed by atoms with E-state index < -0.39 is 5.60 Å². The van der Waals surface area contributed by atoms with Gasteiger partial charge in [0.05, 0.1) is 0 Å². The Labute approximate surface area is 147 Å². The number of hydrogen-bond acceptors (Lipinski definition) is 5. The lowest BCUT2D eigenvalue weighted by atomic mass is 9.95. The highest BCUT2D eigenvalue weighted by atomic mass is 16.6. The van der Waals surface area contributed by atoms with Crippen LogP contribution in [0.15, 0.2) is 0 Å². The number of nitrogens with two attached hydrogens (primary N) is 1.